The third-order valence-corrected chi connectivity index (χ3v) is 5.45. The maximum Gasteiger partial charge on any atom is 0.417 e. The molecule has 0 fully saturated rings. The molecule has 0 N–H and O–H groups in total. The van der Waals surface area contributed by atoms with Crippen molar-refractivity contribution in [3.63, 3.8) is 0 Å². The molecule has 4 rings (SSSR count). The van der Waals surface area contributed by atoms with E-state index in [9.17, 15) is 26.7 Å². The lowest BCUT2D eigenvalue weighted by Gasteiger charge is -2.24. The minimum Gasteiger partial charge on any atom is -0.489 e. The number of carbonyl (C=O) groups is 1. The summed E-state index contributed by atoms with van der Waals surface area (Å²) < 4.78 is 75.5. The summed E-state index contributed by atoms with van der Waals surface area (Å²) in [5.74, 6) is -4.10. The Kier molecular flexibility index (Phi) is 6.10. The van der Waals surface area contributed by atoms with Gasteiger partial charge in [-0.25, -0.2) is 8.78 Å². The van der Waals surface area contributed by atoms with Crippen LogP contribution in [0.2, 0.25) is 0 Å². The lowest BCUT2D eigenvalue weighted by atomic mass is 10.0. The summed E-state index contributed by atoms with van der Waals surface area (Å²) in [6.07, 6.45) is -6.06. The number of fused-ring (bicyclic) bond motifs is 1. The Balaban J connectivity index is 1.67. The number of hydrogen-bond donors (Lipinski definition) is 0. The van der Waals surface area contributed by atoms with Gasteiger partial charge in [0.25, 0.3) is 11.8 Å². The number of amides is 1. The minimum atomic E-state index is -4.84. The highest BCUT2D eigenvalue weighted by molar-refractivity contribution is 6.07. The van der Waals surface area contributed by atoms with Crippen molar-refractivity contribution in [2.45, 2.75) is 31.5 Å². The van der Waals surface area contributed by atoms with Crippen LogP contribution in [0.3, 0.4) is 0 Å². The van der Waals surface area contributed by atoms with E-state index in [0.29, 0.717) is 0 Å². The van der Waals surface area contributed by atoms with Crippen LogP contribution in [0.4, 0.5) is 27.6 Å². The van der Waals surface area contributed by atoms with Gasteiger partial charge in [0.1, 0.15) is 12.4 Å². The third-order valence-electron chi connectivity index (χ3n) is 5.45. The molecule has 3 aromatic rings. The van der Waals surface area contributed by atoms with E-state index in [1.807, 2.05) is 6.07 Å². The van der Waals surface area contributed by atoms with Gasteiger partial charge in [0.05, 0.1) is 11.1 Å². The number of rotatable bonds is 4. The second kappa shape index (κ2) is 8.84. The molecular weight excluding hydrogens is 441 g/mol. The number of hydrogen-bond acceptors (Lipinski definition) is 2. The number of alkyl halides is 5. The summed E-state index contributed by atoms with van der Waals surface area (Å²) in [6.45, 7) is -0.341. The summed E-state index contributed by atoms with van der Waals surface area (Å²) in [7, 11) is 0. The zero-order valence-corrected chi connectivity index (χ0v) is 17.4. The normalized spacial score (nSPS) is 15.5. The van der Waals surface area contributed by atoms with Gasteiger partial charge in [-0.2, -0.15) is 13.2 Å². The number of para-hydroxylation sites is 1. The first-order valence-corrected chi connectivity index (χ1v) is 10.3. The van der Waals surface area contributed by atoms with Crippen molar-refractivity contribution in [3.05, 3.63) is 95.1 Å². The van der Waals surface area contributed by atoms with Gasteiger partial charge in [0, 0.05) is 25.1 Å². The number of anilines is 1. The molecule has 0 bridgehead atoms. The topological polar surface area (TPSA) is 29.5 Å². The lowest BCUT2D eigenvalue weighted by Crippen LogP contribution is -2.34. The predicted octanol–water partition coefficient (Wildman–Crippen LogP) is 6.51. The van der Waals surface area contributed by atoms with E-state index in [2.05, 4.69) is 0 Å². The fourth-order valence-electron chi connectivity index (χ4n) is 3.82. The maximum atomic E-state index is 14.2. The van der Waals surface area contributed by atoms with Gasteiger partial charge in [-0.1, -0.05) is 48.5 Å². The molecule has 1 aliphatic heterocycles. The van der Waals surface area contributed by atoms with E-state index >= 15 is 0 Å². The average Bonchev–Trinajstić information content (AvgIpc) is 2.92. The van der Waals surface area contributed by atoms with Gasteiger partial charge in [-0.3, -0.25) is 4.79 Å². The number of halogens is 5. The van der Waals surface area contributed by atoms with Crippen LogP contribution < -0.4 is 9.64 Å². The Hall–Kier alpha value is -3.42. The fourth-order valence-corrected chi connectivity index (χ4v) is 3.82. The van der Waals surface area contributed by atoms with Crippen LogP contribution in [0, 0.1) is 0 Å². The van der Waals surface area contributed by atoms with E-state index in [-0.39, 0.29) is 23.6 Å². The first kappa shape index (κ1) is 22.8. The fraction of sp³-hybridized carbons (Fsp3) is 0.240. The Labute approximate surface area is 187 Å². The molecule has 0 atom stereocenters. The molecular formula is C25H20F5NO2. The Bertz CT molecular complexity index is 1150. The molecule has 0 radical (unpaired) electrons. The van der Waals surface area contributed by atoms with E-state index in [0.717, 1.165) is 22.6 Å². The highest BCUT2D eigenvalue weighted by Crippen LogP contribution is 2.38. The molecule has 8 heteroatoms. The van der Waals surface area contributed by atoms with Gasteiger partial charge in [-0.05, 0) is 35.4 Å². The molecule has 1 heterocycles. The van der Waals surface area contributed by atoms with Crippen molar-refractivity contribution in [2.75, 3.05) is 11.4 Å². The zero-order valence-electron chi connectivity index (χ0n) is 17.4. The Morgan fingerprint density at radius 3 is 2.39 bits per heavy atom. The first-order valence-electron chi connectivity index (χ1n) is 10.3. The standard InChI is InChI=1S/C25H20F5NO2/c26-24(27)12-13-31(22-9-5-4-8-18(22)15-24)23(32)20-11-10-19(14-21(20)25(28,29)30)33-16-17-6-2-1-3-7-17/h1-11,14H,12-13,15-16H2. The maximum absolute atomic E-state index is 14.2. The quantitative estimate of drug-likeness (QED) is 0.415. The Morgan fingerprint density at radius 1 is 0.970 bits per heavy atom. The summed E-state index contributed by atoms with van der Waals surface area (Å²) in [4.78, 5) is 14.2. The van der Waals surface area contributed by atoms with E-state index in [1.54, 1.807) is 36.4 Å². The second-order valence-corrected chi connectivity index (χ2v) is 7.85. The van der Waals surface area contributed by atoms with Crippen molar-refractivity contribution in [1.29, 1.82) is 0 Å². The van der Waals surface area contributed by atoms with Crippen LogP contribution >= 0.6 is 0 Å². The van der Waals surface area contributed by atoms with Crippen molar-refractivity contribution in [3.8, 4) is 5.75 Å². The predicted molar refractivity (Wildman–Crippen MR) is 114 cm³/mol. The molecule has 0 unspecified atom stereocenters. The smallest absolute Gasteiger partial charge is 0.417 e. The lowest BCUT2D eigenvalue weighted by molar-refractivity contribution is -0.138. The van der Waals surface area contributed by atoms with Crippen molar-refractivity contribution in [2.24, 2.45) is 0 Å². The summed E-state index contributed by atoms with van der Waals surface area (Å²) >= 11 is 0. The summed E-state index contributed by atoms with van der Waals surface area (Å²) in [5, 5.41) is 0. The van der Waals surface area contributed by atoms with Crippen LogP contribution in [0.5, 0.6) is 5.75 Å². The largest absolute Gasteiger partial charge is 0.489 e. The summed E-state index contributed by atoms with van der Waals surface area (Å²) in [5.41, 5.74) is -0.614. The average molecular weight is 461 g/mol. The minimum absolute atomic E-state index is 0.0504. The molecule has 0 aliphatic carbocycles. The Morgan fingerprint density at radius 2 is 1.67 bits per heavy atom. The highest BCUT2D eigenvalue weighted by atomic mass is 19.4. The molecule has 1 aliphatic rings. The van der Waals surface area contributed by atoms with E-state index in [1.165, 1.54) is 18.2 Å². The molecule has 0 aromatic heterocycles. The van der Waals surface area contributed by atoms with Gasteiger partial charge in [0.2, 0.25) is 0 Å². The van der Waals surface area contributed by atoms with Crippen molar-refractivity contribution >= 4 is 11.6 Å². The number of carbonyl (C=O) groups excluding carboxylic acids is 1. The van der Waals surface area contributed by atoms with Gasteiger partial charge in [-0.15, -0.1) is 0 Å². The molecule has 3 nitrogen and oxygen atoms in total. The third kappa shape index (κ3) is 5.16. The molecule has 3 aromatic carbocycles. The first-order chi connectivity index (χ1) is 15.6. The highest BCUT2D eigenvalue weighted by Gasteiger charge is 2.40. The van der Waals surface area contributed by atoms with Crippen LogP contribution in [-0.2, 0) is 19.2 Å². The monoisotopic (exact) mass is 461 g/mol. The number of nitrogens with zero attached hydrogens (tertiary/aromatic N) is 1. The molecule has 1 amide bonds. The van der Waals surface area contributed by atoms with Crippen LogP contribution in [-0.4, -0.2) is 18.4 Å². The van der Waals surface area contributed by atoms with Crippen molar-refractivity contribution in [1.82, 2.24) is 0 Å². The van der Waals surface area contributed by atoms with E-state index < -0.39 is 48.5 Å². The summed E-state index contributed by atoms with van der Waals surface area (Å²) in [6, 6.07) is 18.1. The molecule has 0 saturated carbocycles. The van der Waals surface area contributed by atoms with Crippen LogP contribution in [0.15, 0.2) is 72.8 Å². The molecule has 0 saturated heterocycles. The van der Waals surface area contributed by atoms with Gasteiger partial charge in [0.15, 0.2) is 0 Å². The van der Waals surface area contributed by atoms with E-state index in [4.69, 9.17) is 4.74 Å². The number of benzene rings is 3. The SMILES string of the molecule is O=C(c1ccc(OCc2ccccc2)cc1C(F)(F)F)N1CCC(F)(F)Cc2ccccc21. The van der Waals surface area contributed by atoms with Crippen LogP contribution in [0.1, 0.15) is 33.5 Å². The molecule has 0 spiro atoms. The van der Waals surface area contributed by atoms with Gasteiger partial charge < -0.3 is 9.64 Å². The van der Waals surface area contributed by atoms with Gasteiger partial charge >= 0.3 is 6.18 Å². The zero-order chi connectivity index (χ0) is 23.6. The second-order valence-electron chi connectivity index (χ2n) is 7.85. The van der Waals surface area contributed by atoms with Crippen LogP contribution in [0.25, 0.3) is 0 Å². The molecule has 172 valence electrons. The van der Waals surface area contributed by atoms with Crippen molar-refractivity contribution < 1.29 is 31.5 Å². The molecule has 33 heavy (non-hydrogen) atoms. The number of ether oxygens (including phenoxy) is 1.